The fourth-order valence-corrected chi connectivity index (χ4v) is 4.49. The second-order valence-corrected chi connectivity index (χ2v) is 8.22. The molecule has 9 heteroatoms. The van der Waals surface area contributed by atoms with Gasteiger partial charge in [0, 0.05) is 0 Å². The maximum absolute atomic E-state index is 13.3. The van der Waals surface area contributed by atoms with Crippen molar-refractivity contribution in [2.75, 3.05) is 0 Å². The van der Waals surface area contributed by atoms with Gasteiger partial charge in [-0.1, -0.05) is 60.1 Å². The van der Waals surface area contributed by atoms with E-state index in [1.165, 1.54) is 18.2 Å². The monoisotopic (exact) mass is 427 g/mol. The minimum absolute atomic E-state index is 0.000476. The predicted molar refractivity (Wildman–Crippen MR) is 107 cm³/mol. The number of aromatic nitrogens is 3. The number of halogens is 1. The lowest BCUT2D eigenvalue weighted by atomic mass is 10.2. The van der Waals surface area contributed by atoms with Crippen molar-refractivity contribution in [1.82, 2.24) is 13.9 Å². The summed E-state index contributed by atoms with van der Waals surface area (Å²) < 4.78 is 32.7. The number of rotatable bonds is 5. The van der Waals surface area contributed by atoms with Crippen LogP contribution in [-0.4, -0.2) is 28.3 Å². The summed E-state index contributed by atoms with van der Waals surface area (Å²) in [5, 5.41) is 0.273. The number of fused-ring (bicyclic) bond motifs is 1. The molecule has 4 aromatic rings. The molecule has 0 saturated carbocycles. The lowest BCUT2D eigenvalue weighted by Gasteiger charge is -2.11. The third kappa shape index (κ3) is 3.59. The zero-order chi connectivity index (χ0) is 20.4. The highest BCUT2D eigenvalue weighted by molar-refractivity contribution is 7.90. The van der Waals surface area contributed by atoms with E-state index in [-0.39, 0.29) is 33.4 Å². The molecule has 0 fully saturated rings. The van der Waals surface area contributed by atoms with Crippen LogP contribution in [0.1, 0.15) is 16.1 Å². The molecule has 146 valence electrons. The van der Waals surface area contributed by atoms with Crippen molar-refractivity contribution in [3.63, 3.8) is 0 Å². The third-order valence-electron chi connectivity index (χ3n) is 4.21. The van der Waals surface area contributed by atoms with Crippen LogP contribution in [0.2, 0.25) is 5.15 Å². The Bertz CT molecular complexity index is 1290. The topological polar surface area (TPSA) is 91.2 Å². The summed E-state index contributed by atoms with van der Waals surface area (Å²) in [7, 11) is -4.13. The third-order valence-corrected chi connectivity index (χ3v) is 6.23. The highest BCUT2D eigenvalue weighted by Gasteiger charge is 2.29. The first-order valence-corrected chi connectivity index (χ1v) is 10.3. The summed E-state index contributed by atoms with van der Waals surface area (Å²) in [5.41, 5.74) is 0.565. The Kier molecular flexibility index (Phi) is 5.04. The van der Waals surface area contributed by atoms with E-state index in [0.717, 1.165) is 15.9 Å². The van der Waals surface area contributed by atoms with Gasteiger partial charge in [-0.3, -0.25) is 0 Å². The first-order chi connectivity index (χ1) is 14.0. The number of esters is 1. The maximum Gasteiger partial charge on any atom is 0.356 e. The summed E-state index contributed by atoms with van der Waals surface area (Å²) in [5.74, 6) is -0.817. The molecule has 0 radical (unpaired) electrons. The summed E-state index contributed by atoms with van der Waals surface area (Å²) >= 11 is 6.10. The number of hydrogen-bond acceptors (Lipinski definition) is 6. The van der Waals surface area contributed by atoms with Crippen molar-refractivity contribution >= 4 is 38.6 Å². The number of carbonyl (C=O) groups excluding carboxylic acids is 1. The molecule has 29 heavy (non-hydrogen) atoms. The van der Waals surface area contributed by atoms with Gasteiger partial charge >= 0.3 is 5.97 Å². The van der Waals surface area contributed by atoms with Gasteiger partial charge in [-0.05, 0) is 23.8 Å². The summed E-state index contributed by atoms with van der Waals surface area (Å²) in [6, 6.07) is 18.1. The van der Waals surface area contributed by atoms with Crippen LogP contribution in [0.25, 0.3) is 11.0 Å². The molecule has 0 aliphatic rings. The van der Waals surface area contributed by atoms with Crippen LogP contribution in [0.3, 0.4) is 0 Å². The minimum Gasteiger partial charge on any atom is -0.456 e. The Hall–Kier alpha value is -3.23. The van der Waals surface area contributed by atoms with Crippen LogP contribution in [-0.2, 0) is 21.4 Å². The van der Waals surface area contributed by atoms with E-state index in [1.54, 1.807) is 30.3 Å². The van der Waals surface area contributed by atoms with Gasteiger partial charge in [0.2, 0.25) is 0 Å². The van der Waals surface area contributed by atoms with Gasteiger partial charge in [-0.15, -0.1) is 0 Å². The quantitative estimate of drug-likeness (QED) is 0.356. The fraction of sp³-hybridized carbons (Fsp3) is 0.0500. The fourth-order valence-electron chi connectivity index (χ4n) is 2.84. The van der Waals surface area contributed by atoms with Gasteiger partial charge in [-0.25, -0.2) is 27.2 Å². The van der Waals surface area contributed by atoms with E-state index in [2.05, 4.69) is 9.97 Å². The average Bonchev–Trinajstić information content (AvgIpc) is 3.15. The smallest absolute Gasteiger partial charge is 0.356 e. The van der Waals surface area contributed by atoms with E-state index in [4.69, 9.17) is 16.3 Å². The highest BCUT2D eigenvalue weighted by Crippen LogP contribution is 2.28. The predicted octanol–water partition coefficient (Wildman–Crippen LogP) is 3.68. The van der Waals surface area contributed by atoms with Crippen molar-refractivity contribution in [1.29, 1.82) is 0 Å². The normalized spacial score (nSPS) is 11.5. The summed E-state index contributed by atoms with van der Waals surface area (Å²) in [6.45, 7) is -0.00794. The van der Waals surface area contributed by atoms with Crippen molar-refractivity contribution in [3.8, 4) is 0 Å². The molecule has 0 N–H and O–H groups in total. The van der Waals surface area contributed by atoms with Gasteiger partial charge in [-0.2, -0.15) is 0 Å². The summed E-state index contributed by atoms with van der Waals surface area (Å²) in [6.07, 6.45) is 1.14. The van der Waals surface area contributed by atoms with Crippen molar-refractivity contribution in [2.24, 2.45) is 0 Å². The number of carbonyl (C=O) groups is 1. The van der Waals surface area contributed by atoms with Gasteiger partial charge in [0.05, 0.1) is 10.3 Å². The highest BCUT2D eigenvalue weighted by atomic mass is 35.5. The molecular weight excluding hydrogens is 414 g/mol. The first-order valence-electron chi connectivity index (χ1n) is 8.52. The van der Waals surface area contributed by atoms with Crippen LogP contribution in [0, 0.1) is 0 Å². The molecule has 0 unspecified atom stereocenters. The molecule has 7 nitrogen and oxygen atoms in total. The van der Waals surface area contributed by atoms with E-state index in [0.29, 0.717) is 0 Å². The molecule has 0 bridgehead atoms. The van der Waals surface area contributed by atoms with Gasteiger partial charge in [0.1, 0.15) is 23.8 Å². The number of benzene rings is 2. The largest absolute Gasteiger partial charge is 0.456 e. The van der Waals surface area contributed by atoms with Crippen LogP contribution < -0.4 is 0 Å². The van der Waals surface area contributed by atoms with E-state index in [9.17, 15) is 13.2 Å². The Morgan fingerprint density at radius 1 is 1.00 bits per heavy atom. The Morgan fingerprint density at radius 3 is 2.34 bits per heavy atom. The Labute approximate surface area is 171 Å². The Balaban J connectivity index is 1.83. The SMILES string of the molecule is O=C(OCc1ccccc1)c1cc2c(Cl)ncnc2n1S(=O)(=O)c1ccccc1. The van der Waals surface area contributed by atoms with Gasteiger partial charge in [0.15, 0.2) is 5.65 Å². The molecule has 2 aromatic carbocycles. The first kappa shape index (κ1) is 19.1. The van der Waals surface area contributed by atoms with Crippen molar-refractivity contribution in [2.45, 2.75) is 11.5 Å². The molecule has 0 aliphatic heterocycles. The standard InChI is InChI=1S/C20H14ClN3O4S/c21-18-16-11-17(20(25)28-12-14-7-3-1-4-8-14)24(19(16)23-13-22-18)29(26,27)15-9-5-2-6-10-15/h1-11,13H,12H2. The summed E-state index contributed by atoms with van der Waals surface area (Å²) in [4.78, 5) is 20.7. The molecule has 2 heterocycles. The molecule has 0 saturated heterocycles. The maximum atomic E-state index is 13.3. The molecule has 0 aliphatic carbocycles. The molecule has 0 amide bonds. The lowest BCUT2D eigenvalue weighted by Crippen LogP contribution is -2.20. The second-order valence-electron chi connectivity index (χ2n) is 6.08. The van der Waals surface area contributed by atoms with Crippen LogP contribution >= 0.6 is 11.6 Å². The zero-order valence-corrected chi connectivity index (χ0v) is 16.5. The van der Waals surface area contributed by atoms with Crippen LogP contribution in [0.15, 0.2) is 78.0 Å². The van der Waals surface area contributed by atoms with Crippen LogP contribution in [0.5, 0.6) is 0 Å². The molecule has 0 spiro atoms. The molecular formula is C20H14ClN3O4S. The number of hydrogen-bond donors (Lipinski definition) is 0. The Morgan fingerprint density at radius 2 is 1.66 bits per heavy atom. The second kappa shape index (κ2) is 7.65. The van der Waals surface area contributed by atoms with E-state index in [1.807, 2.05) is 18.2 Å². The van der Waals surface area contributed by atoms with Crippen molar-refractivity contribution in [3.05, 3.63) is 89.5 Å². The minimum atomic E-state index is -4.13. The van der Waals surface area contributed by atoms with Gasteiger partial charge < -0.3 is 4.74 Å². The number of ether oxygens (including phenoxy) is 1. The molecule has 2 aromatic heterocycles. The van der Waals surface area contributed by atoms with Crippen LogP contribution in [0.4, 0.5) is 0 Å². The average molecular weight is 428 g/mol. The lowest BCUT2D eigenvalue weighted by molar-refractivity contribution is 0.0465. The number of nitrogens with zero attached hydrogens (tertiary/aromatic N) is 3. The van der Waals surface area contributed by atoms with Gasteiger partial charge in [0.25, 0.3) is 10.0 Å². The molecule has 4 rings (SSSR count). The van der Waals surface area contributed by atoms with Crippen molar-refractivity contribution < 1.29 is 17.9 Å². The van der Waals surface area contributed by atoms with E-state index >= 15 is 0 Å². The zero-order valence-electron chi connectivity index (χ0n) is 14.9. The molecule has 0 atom stereocenters. The van der Waals surface area contributed by atoms with E-state index < -0.39 is 16.0 Å².